The molecule has 1 N–H and O–H groups in total. The van der Waals surface area contributed by atoms with Crippen LogP contribution in [0, 0.1) is 6.92 Å². The number of hydrogen-bond donors (Lipinski definition) is 1. The smallest absolute Gasteiger partial charge is 0.251 e. The average molecular weight is 397 g/mol. The number of nitrogens with zero attached hydrogens (tertiary/aromatic N) is 1. The maximum Gasteiger partial charge on any atom is 0.251 e. The van der Waals surface area contributed by atoms with Crippen molar-refractivity contribution in [2.45, 2.75) is 6.92 Å². The van der Waals surface area contributed by atoms with Gasteiger partial charge in [-0.1, -0.05) is 23.7 Å². The second-order valence-corrected chi connectivity index (χ2v) is 8.02. The Labute approximate surface area is 158 Å². The molecule has 140 valence electrons. The third-order valence-electron chi connectivity index (χ3n) is 3.84. The van der Waals surface area contributed by atoms with Crippen LogP contribution in [0.15, 0.2) is 42.5 Å². The summed E-state index contributed by atoms with van der Waals surface area (Å²) in [7, 11) is -2.00. The quantitative estimate of drug-likeness (QED) is 0.780. The van der Waals surface area contributed by atoms with Crippen LogP contribution in [0.4, 0.5) is 5.69 Å². The van der Waals surface area contributed by atoms with Crippen LogP contribution in [0.25, 0.3) is 0 Å². The number of carbonyl (C=O) groups is 1. The van der Waals surface area contributed by atoms with E-state index in [1.165, 1.54) is 11.4 Å². The van der Waals surface area contributed by atoms with Crippen LogP contribution in [0.5, 0.6) is 5.75 Å². The Morgan fingerprint density at radius 2 is 1.92 bits per heavy atom. The van der Waals surface area contributed by atoms with Crippen LogP contribution in [0.1, 0.15) is 15.9 Å². The number of nitrogens with one attached hydrogen (secondary N) is 1. The number of methoxy groups -OCH3 is 1. The van der Waals surface area contributed by atoms with Gasteiger partial charge in [0.25, 0.3) is 5.91 Å². The summed E-state index contributed by atoms with van der Waals surface area (Å²) in [5.41, 5.74) is 1.60. The molecular formula is C18H21ClN2O4S. The molecule has 0 unspecified atom stereocenters. The molecule has 0 aliphatic rings. The van der Waals surface area contributed by atoms with Gasteiger partial charge in [0.05, 0.1) is 25.6 Å². The van der Waals surface area contributed by atoms with E-state index < -0.39 is 10.0 Å². The predicted octanol–water partition coefficient (Wildman–Crippen LogP) is 2.85. The molecule has 0 atom stereocenters. The van der Waals surface area contributed by atoms with Crippen molar-refractivity contribution in [3.63, 3.8) is 0 Å². The van der Waals surface area contributed by atoms with Crippen molar-refractivity contribution in [1.82, 2.24) is 5.32 Å². The Kier molecular flexibility index (Phi) is 6.50. The number of amides is 1. The van der Waals surface area contributed by atoms with Gasteiger partial charge in [0, 0.05) is 17.1 Å². The summed E-state index contributed by atoms with van der Waals surface area (Å²) >= 11 is 6.10. The van der Waals surface area contributed by atoms with Crippen molar-refractivity contribution in [1.29, 1.82) is 0 Å². The van der Waals surface area contributed by atoms with E-state index in [1.54, 1.807) is 49.4 Å². The minimum absolute atomic E-state index is 0.0930. The lowest BCUT2D eigenvalue weighted by Crippen LogP contribution is -2.38. The molecule has 0 heterocycles. The van der Waals surface area contributed by atoms with Crippen molar-refractivity contribution < 1.29 is 17.9 Å². The number of rotatable bonds is 7. The predicted molar refractivity (Wildman–Crippen MR) is 104 cm³/mol. The first-order valence-corrected chi connectivity index (χ1v) is 10.1. The third-order valence-corrected chi connectivity index (χ3v) is 5.43. The number of anilines is 1. The highest BCUT2D eigenvalue weighted by atomic mass is 35.5. The molecule has 0 saturated carbocycles. The number of ether oxygens (including phenoxy) is 1. The molecule has 0 aliphatic carbocycles. The monoisotopic (exact) mass is 396 g/mol. The number of carbonyl (C=O) groups excluding carboxylic acids is 1. The largest absolute Gasteiger partial charge is 0.497 e. The Balaban J connectivity index is 2.11. The van der Waals surface area contributed by atoms with E-state index in [0.29, 0.717) is 27.6 Å². The summed E-state index contributed by atoms with van der Waals surface area (Å²) in [5, 5.41) is 3.21. The van der Waals surface area contributed by atoms with Crippen LogP contribution in [-0.2, 0) is 10.0 Å². The summed E-state index contributed by atoms with van der Waals surface area (Å²) in [6, 6.07) is 11.8. The lowest BCUT2D eigenvalue weighted by Gasteiger charge is -2.24. The Hall–Kier alpha value is -2.25. The second kappa shape index (κ2) is 8.42. The molecule has 2 aromatic rings. The van der Waals surface area contributed by atoms with Crippen LogP contribution in [0.2, 0.25) is 5.02 Å². The molecule has 1 amide bonds. The normalized spacial score (nSPS) is 11.1. The van der Waals surface area contributed by atoms with Gasteiger partial charge in [0.1, 0.15) is 5.75 Å². The van der Waals surface area contributed by atoms with Gasteiger partial charge >= 0.3 is 0 Å². The molecule has 2 aromatic carbocycles. The van der Waals surface area contributed by atoms with E-state index in [-0.39, 0.29) is 19.0 Å². The van der Waals surface area contributed by atoms with E-state index in [2.05, 4.69) is 5.32 Å². The van der Waals surface area contributed by atoms with Gasteiger partial charge in [0.2, 0.25) is 10.0 Å². The molecule has 0 bridgehead atoms. The van der Waals surface area contributed by atoms with Crippen molar-refractivity contribution in [3.05, 3.63) is 58.6 Å². The first-order chi connectivity index (χ1) is 12.2. The summed E-state index contributed by atoms with van der Waals surface area (Å²) < 4.78 is 30.7. The molecule has 0 spiro atoms. The molecule has 8 heteroatoms. The highest BCUT2D eigenvalue weighted by Crippen LogP contribution is 2.27. The van der Waals surface area contributed by atoms with Crippen LogP contribution >= 0.6 is 11.6 Å². The summed E-state index contributed by atoms with van der Waals surface area (Å²) in [5.74, 6) is 0.269. The lowest BCUT2D eigenvalue weighted by atomic mass is 10.2. The number of halogens is 1. The van der Waals surface area contributed by atoms with Crippen LogP contribution in [-0.4, -0.2) is 40.8 Å². The van der Waals surface area contributed by atoms with Gasteiger partial charge in [-0.3, -0.25) is 9.10 Å². The molecule has 2 rings (SSSR count). The van der Waals surface area contributed by atoms with Crippen molar-refractivity contribution in [2.24, 2.45) is 0 Å². The molecule has 0 aromatic heterocycles. The number of benzene rings is 2. The fourth-order valence-corrected chi connectivity index (χ4v) is 3.62. The highest BCUT2D eigenvalue weighted by molar-refractivity contribution is 7.92. The minimum atomic E-state index is -3.53. The van der Waals surface area contributed by atoms with E-state index in [9.17, 15) is 13.2 Å². The SMILES string of the molecule is COc1cccc(C(=O)NCCN(c2cccc(Cl)c2C)S(C)(=O)=O)c1. The van der Waals surface area contributed by atoms with E-state index in [0.717, 1.165) is 6.26 Å². The fourth-order valence-electron chi connectivity index (χ4n) is 2.47. The van der Waals surface area contributed by atoms with Gasteiger partial charge in [-0.05, 0) is 42.8 Å². The Morgan fingerprint density at radius 1 is 1.23 bits per heavy atom. The minimum Gasteiger partial charge on any atom is -0.497 e. The zero-order valence-electron chi connectivity index (χ0n) is 14.8. The van der Waals surface area contributed by atoms with Crippen LogP contribution < -0.4 is 14.4 Å². The molecule has 26 heavy (non-hydrogen) atoms. The second-order valence-electron chi connectivity index (χ2n) is 5.71. The van der Waals surface area contributed by atoms with Gasteiger partial charge < -0.3 is 10.1 Å². The van der Waals surface area contributed by atoms with Crippen molar-refractivity contribution >= 4 is 33.2 Å². The fraction of sp³-hybridized carbons (Fsp3) is 0.278. The standard InChI is InChI=1S/C18H21ClN2O4S/c1-13-16(19)8-5-9-17(13)21(26(3,23)24)11-10-20-18(22)14-6-4-7-15(12-14)25-2/h4-9,12H,10-11H2,1-3H3,(H,20,22). The van der Waals surface area contributed by atoms with Gasteiger partial charge in [-0.2, -0.15) is 0 Å². The average Bonchev–Trinajstić information content (AvgIpc) is 2.60. The molecule has 0 aliphatic heterocycles. The maximum absolute atomic E-state index is 12.2. The van der Waals surface area contributed by atoms with Crippen LogP contribution in [0.3, 0.4) is 0 Å². The topological polar surface area (TPSA) is 75.7 Å². The van der Waals surface area contributed by atoms with E-state index in [1.807, 2.05) is 0 Å². The Morgan fingerprint density at radius 3 is 2.58 bits per heavy atom. The molecular weight excluding hydrogens is 376 g/mol. The summed E-state index contributed by atoms with van der Waals surface area (Å²) in [6.45, 7) is 2.00. The van der Waals surface area contributed by atoms with Gasteiger partial charge in [0.15, 0.2) is 0 Å². The maximum atomic E-state index is 12.2. The molecule has 0 fully saturated rings. The lowest BCUT2D eigenvalue weighted by molar-refractivity contribution is 0.0954. The summed E-state index contributed by atoms with van der Waals surface area (Å²) in [4.78, 5) is 12.2. The number of sulfonamides is 1. The third kappa shape index (κ3) is 4.89. The van der Waals surface area contributed by atoms with Crippen molar-refractivity contribution in [3.8, 4) is 5.75 Å². The van der Waals surface area contributed by atoms with Gasteiger partial charge in [-0.15, -0.1) is 0 Å². The molecule has 0 radical (unpaired) electrons. The number of hydrogen-bond acceptors (Lipinski definition) is 4. The summed E-state index contributed by atoms with van der Waals surface area (Å²) in [6.07, 6.45) is 1.12. The Bertz CT molecular complexity index is 900. The van der Waals surface area contributed by atoms with Gasteiger partial charge in [-0.25, -0.2) is 8.42 Å². The first kappa shape index (κ1) is 20.1. The van der Waals surface area contributed by atoms with E-state index in [4.69, 9.17) is 16.3 Å². The van der Waals surface area contributed by atoms with Crippen molar-refractivity contribution in [2.75, 3.05) is 30.8 Å². The molecule has 0 saturated heterocycles. The molecule has 6 nitrogen and oxygen atoms in total. The highest BCUT2D eigenvalue weighted by Gasteiger charge is 2.20. The zero-order valence-corrected chi connectivity index (χ0v) is 16.4. The van der Waals surface area contributed by atoms with E-state index >= 15 is 0 Å². The zero-order chi connectivity index (χ0) is 19.3. The first-order valence-electron chi connectivity index (χ1n) is 7.89.